The highest BCUT2D eigenvalue weighted by atomic mass is 16.3. The van der Waals surface area contributed by atoms with Crippen molar-refractivity contribution in [2.45, 2.75) is 13.3 Å². The van der Waals surface area contributed by atoms with Gasteiger partial charge in [-0.1, -0.05) is 13.0 Å². The number of rotatable bonds is 1. The maximum atomic E-state index is 9.13. The van der Waals surface area contributed by atoms with Gasteiger partial charge in [-0.15, -0.1) is 0 Å². The molecule has 1 aromatic carbocycles. The van der Waals surface area contributed by atoms with E-state index in [1.807, 2.05) is 6.92 Å². The normalized spacial score (nSPS) is 9.70. The van der Waals surface area contributed by atoms with E-state index in [1.165, 1.54) is 0 Å². The van der Waals surface area contributed by atoms with E-state index < -0.39 is 0 Å². The average Bonchev–Trinajstić information content (AvgIpc) is 1.88. The maximum absolute atomic E-state index is 9.13. The highest BCUT2D eigenvalue weighted by Crippen LogP contribution is 2.25. The molecule has 0 saturated carbocycles. The molecule has 0 aliphatic heterocycles. The number of hydrogen-bond donors (Lipinski definition) is 2. The van der Waals surface area contributed by atoms with Crippen LogP contribution in [-0.2, 0) is 6.42 Å². The van der Waals surface area contributed by atoms with Crippen molar-refractivity contribution in [1.82, 2.24) is 0 Å². The molecule has 54 valence electrons. The van der Waals surface area contributed by atoms with Crippen LogP contribution in [0.25, 0.3) is 0 Å². The Labute approximate surface area is 59.7 Å². The Balaban J connectivity index is 3.17. The minimum atomic E-state index is 0.169. The lowest BCUT2D eigenvalue weighted by molar-refractivity contribution is 0.439. The van der Waals surface area contributed by atoms with Crippen molar-refractivity contribution in [1.29, 1.82) is 0 Å². The first kappa shape index (κ1) is 6.93. The van der Waals surface area contributed by atoms with Gasteiger partial charge in [-0.2, -0.15) is 0 Å². The van der Waals surface area contributed by atoms with E-state index >= 15 is 0 Å². The molecule has 0 heterocycles. The van der Waals surface area contributed by atoms with Gasteiger partial charge in [0.05, 0.1) is 0 Å². The highest BCUT2D eigenvalue weighted by Gasteiger charge is 2.01. The second-order valence-corrected chi connectivity index (χ2v) is 2.13. The Morgan fingerprint density at radius 3 is 2.00 bits per heavy atom. The van der Waals surface area contributed by atoms with E-state index in [0.29, 0.717) is 12.0 Å². The summed E-state index contributed by atoms with van der Waals surface area (Å²) in [4.78, 5) is 0. The van der Waals surface area contributed by atoms with E-state index in [2.05, 4.69) is 0 Å². The van der Waals surface area contributed by atoms with Crippen LogP contribution in [0.4, 0.5) is 0 Å². The second kappa shape index (κ2) is 2.60. The summed E-state index contributed by atoms with van der Waals surface area (Å²) in [6, 6.07) is 4.75. The number of phenolic OH excluding ortho intramolecular Hbond substituents is 2. The molecule has 2 N–H and O–H groups in total. The number of benzene rings is 1. The van der Waals surface area contributed by atoms with Gasteiger partial charge < -0.3 is 10.2 Å². The van der Waals surface area contributed by atoms with Crippen LogP contribution in [0.5, 0.6) is 11.5 Å². The lowest BCUT2D eigenvalue weighted by atomic mass is 10.1. The lowest BCUT2D eigenvalue weighted by Gasteiger charge is -2.01. The third-order valence-electron chi connectivity index (χ3n) is 1.48. The Hall–Kier alpha value is -1.18. The van der Waals surface area contributed by atoms with Gasteiger partial charge in [-0.05, 0) is 18.6 Å². The van der Waals surface area contributed by atoms with Crippen LogP contribution in [0, 0.1) is 0 Å². The number of aromatic hydroxyl groups is 2. The monoisotopic (exact) mass is 138 g/mol. The zero-order chi connectivity index (χ0) is 7.56. The third kappa shape index (κ3) is 1.05. The predicted octanol–water partition coefficient (Wildman–Crippen LogP) is 1.66. The van der Waals surface area contributed by atoms with Gasteiger partial charge in [0.1, 0.15) is 11.5 Å². The largest absolute Gasteiger partial charge is 0.508 e. The fourth-order valence-corrected chi connectivity index (χ4v) is 0.925. The average molecular weight is 138 g/mol. The van der Waals surface area contributed by atoms with Crippen molar-refractivity contribution >= 4 is 0 Å². The standard InChI is InChI=1S/C8H10O2/c1-2-6-7(9)4-3-5-8(6)10/h3-5,9-10H,2H2,1H3. The summed E-state index contributed by atoms with van der Waals surface area (Å²) in [7, 11) is 0. The van der Waals surface area contributed by atoms with Gasteiger partial charge in [0.25, 0.3) is 0 Å². The summed E-state index contributed by atoms with van der Waals surface area (Å²) in [5.41, 5.74) is 0.613. The van der Waals surface area contributed by atoms with E-state index in [1.54, 1.807) is 18.2 Å². The van der Waals surface area contributed by atoms with Crippen molar-refractivity contribution in [3.8, 4) is 11.5 Å². The topological polar surface area (TPSA) is 40.5 Å². The SMILES string of the molecule is CCc1c(O)cccc1O. The Morgan fingerprint density at radius 1 is 1.20 bits per heavy atom. The maximum Gasteiger partial charge on any atom is 0.122 e. The summed E-state index contributed by atoms with van der Waals surface area (Å²) < 4.78 is 0. The number of phenols is 2. The Morgan fingerprint density at radius 2 is 1.70 bits per heavy atom. The first-order chi connectivity index (χ1) is 4.75. The molecular formula is C8H10O2. The van der Waals surface area contributed by atoms with Gasteiger partial charge >= 0.3 is 0 Å². The van der Waals surface area contributed by atoms with Crippen LogP contribution in [0.1, 0.15) is 12.5 Å². The van der Waals surface area contributed by atoms with Crippen molar-refractivity contribution in [2.24, 2.45) is 0 Å². The van der Waals surface area contributed by atoms with Gasteiger partial charge in [-0.25, -0.2) is 0 Å². The minimum Gasteiger partial charge on any atom is -0.508 e. The molecule has 1 aromatic rings. The van der Waals surface area contributed by atoms with E-state index in [9.17, 15) is 0 Å². The zero-order valence-corrected chi connectivity index (χ0v) is 5.83. The minimum absolute atomic E-state index is 0.169. The summed E-state index contributed by atoms with van der Waals surface area (Å²) in [6.45, 7) is 1.88. The summed E-state index contributed by atoms with van der Waals surface area (Å²) in [6.07, 6.45) is 0.651. The van der Waals surface area contributed by atoms with Gasteiger partial charge in [0.2, 0.25) is 0 Å². The molecule has 0 saturated heterocycles. The Bertz CT molecular complexity index is 210. The fourth-order valence-electron chi connectivity index (χ4n) is 0.925. The molecule has 0 aliphatic rings. The van der Waals surface area contributed by atoms with Crippen LogP contribution in [0.15, 0.2) is 18.2 Å². The van der Waals surface area contributed by atoms with E-state index in [4.69, 9.17) is 10.2 Å². The molecular weight excluding hydrogens is 128 g/mol. The molecule has 0 atom stereocenters. The highest BCUT2D eigenvalue weighted by molar-refractivity contribution is 5.42. The molecule has 0 spiro atoms. The first-order valence-corrected chi connectivity index (χ1v) is 3.25. The smallest absolute Gasteiger partial charge is 0.122 e. The van der Waals surface area contributed by atoms with Crippen LogP contribution in [0.3, 0.4) is 0 Å². The molecule has 0 aliphatic carbocycles. The molecule has 10 heavy (non-hydrogen) atoms. The summed E-state index contributed by atoms with van der Waals surface area (Å²) in [5.74, 6) is 0.338. The number of hydrogen-bond acceptors (Lipinski definition) is 2. The van der Waals surface area contributed by atoms with Crippen molar-refractivity contribution in [3.63, 3.8) is 0 Å². The van der Waals surface area contributed by atoms with Crippen LogP contribution in [0.2, 0.25) is 0 Å². The van der Waals surface area contributed by atoms with Crippen LogP contribution >= 0.6 is 0 Å². The molecule has 2 heteroatoms. The molecule has 1 rings (SSSR count). The molecule has 0 radical (unpaired) electrons. The first-order valence-electron chi connectivity index (χ1n) is 3.25. The van der Waals surface area contributed by atoms with Crippen molar-refractivity contribution < 1.29 is 10.2 Å². The summed E-state index contributed by atoms with van der Waals surface area (Å²) >= 11 is 0. The zero-order valence-electron chi connectivity index (χ0n) is 5.83. The second-order valence-electron chi connectivity index (χ2n) is 2.13. The third-order valence-corrected chi connectivity index (χ3v) is 1.48. The van der Waals surface area contributed by atoms with Crippen LogP contribution in [-0.4, -0.2) is 10.2 Å². The predicted molar refractivity (Wildman–Crippen MR) is 39.1 cm³/mol. The fraction of sp³-hybridized carbons (Fsp3) is 0.250. The molecule has 0 aromatic heterocycles. The van der Waals surface area contributed by atoms with Crippen LogP contribution < -0.4 is 0 Å². The van der Waals surface area contributed by atoms with Gasteiger partial charge in [0, 0.05) is 5.56 Å². The Kier molecular flexibility index (Phi) is 1.81. The molecule has 2 nitrogen and oxygen atoms in total. The quantitative estimate of drug-likeness (QED) is 0.619. The molecule has 0 fully saturated rings. The van der Waals surface area contributed by atoms with Crippen molar-refractivity contribution in [3.05, 3.63) is 23.8 Å². The summed E-state index contributed by atoms with van der Waals surface area (Å²) in [5, 5.41) is 18.3. The molecule has 0 unspecified atom stereocenters. The molecule has 0 amide bonds. The van der Waals surface area contributed by atoms with Gasteiger partial charge in [-0.3, -0.25) is 0 Å². The van der Waals surface area contributed by atoms with Crippen molar-refractivity contribution in [2.75, 3.05) is 0 Å². The van der Waals surface area contributed by atoms with E-state index in [-0.39, 0.29) is 11.5 Å². The van der Waals surface area contributed by atoms with Gasteiger partial charge in [0.15, 0.2) is 0 Å². The van der Waals surface area contributed by atoms with E-state index in [0.717, 1.165) is 0 Å². The lowest BCUT2D eigenvalue weighted by Crippen LogP contribution is -1.81. The molecule has 0 bridgehead atoms.